The third-order valence-corrected chi connectivity index (χ3v) is 8.00. The number of morpholine rings is 1. The van der Waals surface area contributed by atoms with Crippen molar-refractivity contribution in [3.05, 3.63) is 70.9 Å². The normalized spacial score (nSPS) is 15.4. The van der Waals surface area contributed by atoms with Gasteiger partial charge in [-0.1, -0.05) is 45.2 Å². The van der Waals surface area contributed by atoms with E-state index >= 15 is 0 Å². The molecule has 2 aliphatic rings. The molecule has 10 nitrogen and oxygen atoms in total. The molecule has 2 fully saturated rings. The van der Waals surface area contributed by atoms with Crippen LogP contribution in [-0.2, 0) is 4.74 Å². The Kier molecular flexibility index (Phi) is 8.70. The quantitative estimate of drug-likeness (QED) is 0.209. The first-order valence-electron chi connectivity index (χ1n) is 15.5. The molecule has 0 spiro atoms. The summed E-state index contributed by atoms with van der Waals surface area (Å²) in [5.41, 5.74) is 4.11. The highest BCUT2D eigenvalue weighted by molar-refractivity contribution is 5.98. The molecule has 4 aromatic heterocycles. The summed E-state index contributed by atoms with van der Waals surface area (Å²) in [5.74, 6) is 0.986. The van der Waals surface area contributed by atoms with Crippen LogP contribution < -0.4 is 15.6 Å². The molecule has 0 unspecified atom stereocenters. The number of para-hydroxylation sites is 1. The van der Waals surface area contributed by atoms with E-state index in [4.69, 9.17) is 14.1 Å². The maximum absolute atomic E-state index is 13.0. The van der Waals surface area contributed by atoms with Crippen LogP contribution in [-0.4, -0.2) is 51.6 Å². The van der Waals surface area contributed by atoms with Gasteiger partial charge in [0.15, 0.2) is 17.1 Å². The lowest BCUT2D eigenvalue weighted by Gasteiger charge is -2.27. The Morgan fingerprint density at radius 1 is 1.05 bits per heavy atom. The van der Waals surface area contributed by atoms with E-state index in [-0.39, 0.29) is 17.3 Å². The molecule has 228 valence electrons. The number of nitrogens with zero attached hydrogens (tertiary/aromatic N) is 5. The average molecular weight is 595 g/mol. The van der Waals surface area contributed by atoms with Crippen molar-refractivity contribution in [1.29, 1.82) is 0 Å². The summed E-state index contributed by atoms with van der Waals surface area (Å²) >= 11 is 0. The van der Waals surface area contributed by atoms with Crippen LogP contribution >= 0.6 is 0 Å². The number of ketones is 1. The van der Waals surface area contributed by atoms with Crippen LogP contribution in [0.1, 0.15) is 69.4 Å². The number of nitrogens with one attached hydrogen (secondary N) is 1. The minimum Gasteiger partial charge on any atom is -0.440 e. The second-order valence-corrected chi connectivity index (χ2v) is 11.4. The molecule has 1 saturated heterocycles. The van der Waals surface area contributed by atoms with Crippen molar-refractivity contribution in [3.8, 4) is 11.1 Å². The van der Waals surface area contributed by atoms with Gasteiger partial charge >= 0.3 is 0 Å². The van der Waals surface area contributed by atoms with Crippen LogP contribution in [0.4, 0.5) is 17.5 Å². The number of carbonyl (C=O) groups is 1. The third kappa shape index (κ3) is 5.94. The number of anilines is 3. The zero-order valence-corrected chi connectivity index (χ0v) is 25.5. The summed E-state index contributed by atoms with van der Waals surface area (Å²) in [4.78, 5) is 41.3. The van der Waals surface area contributed by atoms with Gasteiger partial charge in [-0.3, -0.25) is 14.6 Å². The molecule has 1 aromatic carbocycles. The standard InChI is InChI=1S/C31H30N6O4.C3H8/c1-19(38)26-14-21-17-33-31(35-30(21)37(26)23-5-2-3-6-23)34-22-13-20(16-32-18-22)24-7-4-8-25-27(39)15-28(41-29(24)25)36-9-11-40-12-10-36;1-3-2/h4,7-8,13-18,23H,2-3,5-6,9-12H2,1H3,(H,33,34,35);3H2,1-2H3. The van der Waals surface area contributed by atoms with E-state index in [0.717, 1.165) is 47.8 Å². The number of aromatic nitrogens is 4. The van der Waals surface area contributed by atoms with E-state index in [9.17, 15) is 9.59 Å². The van der Waals surface area contributed by atoms with Crippen molar-refractivity contribution >= 4 is 45.3 Å². The molecular weight excluding hydrogens is 556 g/mol. The van der Waals surface area contributed by atoms with Gasteiger partial charge in [0.1, 0.15) is 11.2 Å². The van der Waals surface area contributed by atoms with Gasteiger partial charge < -0.3 is 23.9 Å². The van der Waals surface area contributed by atoms with E-state index in [1.54, 1.807) is 37.6 Å². The molecule has 44 heavy (non-hydrogen) atoms. The first-order chi connectivity index (χ1) is 21.5. The Balaban J connectivity index is 0.00000110. The monoisotopic (exact) mass is 594 g/mol. The minimum atomic E-state index is -0.0891. The van der Waals surface area contributed by atoms with Gasteiger partial charge in [-0.15, -0.1) is 0 Å². The van der Waals surface area contributed by atoms with Crippen molar-refractivity contribution in [2.75, 3.05) is 36.5 Å². The first kappa shape index (κ1) is 29.5. The largest absolute Gasteiger partial charge is 0.440 e. The maximum Gasteiger partial charge on any atom is 0.229 e. The molecule has 5 heterocycles. The van der Waals surface area contributed by atoms with E-state index in [0.29, 0.717) is 60.5 Å². The van der Waals surface area contributed by atoms with Gasteiger partial charge in [-0.2, -0.15) is 4.98 Å². The predicted octanol–water partition coefficient (Wildman–Crippen LogP) is 6.91. The zero-order valence-electron chi connectivity index (χ0n) is 25.5. The molecule has 1 aliphatic carbocycles. The topological polar surface area (TPSA) is 115 Å². The molecule has 0 radical (unpaired) electrons. The molecule has 0 amide bonds. The van der Waals surface area contributed by atoms with Crippen molar-refractivity contribution < 1.29 is 13.9 Å². The summed E-state index contributed by atoms with van der Waals surface area (Å²) < 4.78 is 13.9. The average Bonchev–Trinajstić information content (AvgIpc) is 3.70. The van der Waals surface area contributed by atoms with Gasteiger partial charge in [0.05, 0.1) is 36.2 Å². The highest BCUT2D eigenvalue weighted by Crippen LogP contribution is 2.35. The van der Waals surface area contributed by atoms with E-state index in [1.807, 2.05) is 29.2 Å². The van der Waals surface area contributed by atoms with Crippen LogP contribution in [0.15, 0.2) is 64.2 Å². The lowest BCUT2D eigenvalue weighted by molar-refractivity contribution is 0.100. The number of rotatable bonds is 6. The number of Topliss-reactive ketones (excluding diaryl/α,β-unsaturated/α-hetero) is 1. The first-order valence-corrected chi connectivity index (χ1v) is 15.5. The fourth-order valence-corrected chi connectivity index (χ4v) is 5.99. The number of pyridine rings is 1. The summed E-state index contributed by atoms with van der Waals surface area (Å²) in [7, 11) is 0. The fraction of sp³-hybridized carbons (Fsp3) is 0.382. The maximum atomic E-state index is 13.0. The highest BCUT2D eigenvalue weighted by atomic mass is 16.5. The van der Waals surface area contributed by atoms with Crippen LogP contribution in [0.2, 0.25) is 0 Å². The molecule has 1 N–H and O–H groups in total. The highest BCUT2D eigenvalue weighted by Gasteiger charge is 2.24. The molecule has 7 rings (SSSR count). The summed E-state index contributed by atoms with van der Waals surface area (Å²) in [6, 6.07) is 11.2. The van der Waals surface area contributed by atoms with E-state index < -0.39 is 0 Å². The number of benzene rings is 1. The van der Waals surface area contributed by atoms with Crippen molar-refractivity contribution in [3.63, 3.8) is 0 Å². The smallest absolute Gasteiger partial charge is 0.229 e. The second kappa shape index (κ2) is 13.0. The van der Waals surface area contributed by atoms with E-state index in [2.05, 4.69) is 33.7 Å². The zero-order chi connectivity index (χ0) is 30.6. The fourth-order valence-electron chi connectivity index (χ4n) is 5.99. The van der Waals surface area contributed by atoms with Crippen LogP contribution in [0, 0.1) is 0 Å². The number of hydrogen-bond donors (Lipinski definition) is 1. The molecule has 10 heteroatoms. The van der Waals surface area contributed by atoms with E-state index in [1.165, 1.54) is 6.42 Å². The number of ether oxygens (including phenoxy) is 1. The Labute approximate surface area is 256 Å². The van der Waals surface area contributed by atoms with Gasteiger partial charge in [-0.25, -0.2) is 4.98 Å². The van der Waals surface area contributed by atoms with Crippen LogP contribution in [0.3, 0.4) is 0 Å². The molecule has 0 atom stereocenters. The van der Waals surface area contributed by atoms with Gasteiger partial charge in [0, 0.05) is 61.0 Å². The Morgan fingerprint density at radius 3 is 2.57 bits per heavy atom. The SMILES string of the molecule is CC(=O)c1cc2cnc(Nc3cncc(-c4cccc5c(=O)cc(N6CCOCC6)oc45)c3)nc2n1C1CCCC1.CCC. The predicted molar refractivity (Wildman–Crippen MR) is 173 cm³/mol. The third-order valence-electron chi connectivity index (χ3n) is 8.00. The second-order valence-electron chi connectivity index (χ2n) is 11.4. The van der Waals surface area contributed by atoms with Gasteiger partial charge in [-0.05, 0) is 31.0 Å². The summed E-state index contributed by atoms with van der Waals surface area (Å²) in [5, 5.41) is 4.65. The van der Waals surface area contributed by atoms with Crippen molar-refractivity contribution in [2.24, 2.45) is 0 Å². The van der Waals surface area contributed by atoms with Crippen molar-refractivity contribution in [1.82, 2.24) is 19.5 Å². The number of hydrogen-bond acceptors (Lipinski definition) is 9. The minimum absolute atomic E-state index is 0.0276. The molecule has 1 aliphatic heterocycles. The molecule has 1 saturated carbocycles. The van der Waals surface area contributed by atoms with Crippen LogP contribution in [0.25, 0.3) is 33.1 Å². The Morgan fingerprint density at radius 2 is 1.82 bits per heavy atom. The Bertz CT molecular complexity index is 1850. The van der Waals surface area contributed by atoms with Gasteiger partial charge in [0.25, 0.3) is 0 Å². The summed E-state index contributed by atoms with van der Waals surface area (Å²) in [6.07, 6.45) is 10.8. The lowest BCUT2D eigenvalue weighted by atomic mass is 10.0. The van der Waals surface area contributed by atoms with Crippen molar-refractivity contribution in [2.45, 2.75) is 58.9 Å². The van der Waals surface area contributed by atoms with Crippen LogP contribution in [0.5, 0.6) is 0 Å². The summed E-state index contributed by atoms with van der Waals surface area (Å²) in [6.45, 7) is 8.37. The molecule has 0 bridgehead atoms. The number of carbonyl (C=O) groups excluding carboxylic acids is 1. The molecular formula is C34H38N6O4. The molecule has 5 aromatic rings. The lowest BCUT2D eigenvalue weighted by Crippen LogP contribution is -2.36. The van der Waals surface area contributed by atoms with Gasteiger partial charge in [0.2, 0.25) is 5.95 Å². The number of fused-ring (bicyclic) bond motifs is 2. The Hall–Kier alpha value is -4.57.